The van der Waals surface area contributed by atoms with Gasteiger partial charge in [-0.3, -0.25) is 9.48 Å². The summed E-state index contributed by atoms with van der Waals surface area (Å²) in [6.45, 7) is 1.89. The molecular formula is C16H19FN4O. The summed E-state index contributed by atoms with van der Waals surface area (Å²) in [4.78, 5) is 12.4. The van der Waals surface area contributed by atoms with Gasteiger partial charge in [-0.15, -0.1) is 0 Å². The first-order valence-corrected chi connectivity index (χ1v) is 7.39. The molecule has 0 bridgehead atoms. The van der Waals surface area contributed by atoms with Crippen LogP contribution in [0.4, 0.5) is 4.39 Å². The molecule has 3 rings (SSSR count). The van der Waals surface area contributed by atoms with Crippen LogP contribution in [0.15, 0.2) is 30.5 Å². The Kier molecular flexibility index (Phi) is 4.20. The van der Waals surface area contributed by atoms with Crippen LogP contribution < -0.4 is 10.6 Å². The third-order valence-corrected chi connectivity index (χ3v) is 3.87. The highest BCUT2D eigenvalue weighted by molar-refractivity contribution is 5.84. The Morgan fingerprint density at radius 2 is 2.23 bits per heavy atom. The third-order valence-electron chi connectivity index (χ3n) is 3.87. The molecule has 5 nitrogen and oxygen atoms in total. The van der Waals surface area contributed by atoms with Gasteiger partial charge in [-0.25, -0.2) is 4.39 Å². The number of rotatable bonds is 4. The smallest absolute Gasteiger partial charge is 0.230 e. The zero-order valence-corrected chi connectivity index (χ0v) is 12.5. The average molecular weight is 302 g/mol. The molecule has 1 amide bonds. The van der Waals surface area contributed by atoms with E-state index in [1.807, 2.05) is 13.2 Å². The maximum Gasteiger partial charge on any atom is 0.230 e. The number of fused-ring (bicyclic) bond motifs is 1. The zero-order chi connectivity index (χ0) is 15.5. The minimum absolute atomic E-state index is 0.0192. The molecule has 0 unspecified atom stereocenters. The molecule has 1 atom stereocenters. The summed E-state index contributed by atoms with van der Waals surface area (Å²) in [7, 11) is 1.86. The highest BCUT2D eigenvalue weighted by Gasteiger charge is 2.28. The van der Waals surface area contributed by atoms with E-state index in [2.05, 4.69) is 15.7 Å². The van der Waals surface area contributed by atoms with E-state index in [-0.39, 0.29) is 17.6 Å². The van der Waals surface area contributed by atoms with Crippen molar-refractivity contribution in [2.45, 2.75) is 18.9 Å². The average Bonchev–Trinajstić information content (AvgIpc) is 2.89. The molecule has 6 heteroatoms. The van der Waals surface area contributed by atoms with Crippen LogP contribution in [-0.4, -0.2) is 28.8 Å². The Bertz CT molecular complexity index is 665. The minimum atomic E-state index is -0.252. The van der Waals surface area contributed by atoms with Crippen molar-refractivity contribution in [3.8, 4) is 0 Å². The van der Waals surface area contributed by atoms with Gasteiger partial charge >= 0.3 is 0 Å². The van der Waals surface area contributed by atoms with Gasteiger partial charge in [-0.1, -0.05) is 12.1 Å². The molecule has 1 aliphatic heterocycles. The predicted molar refractivity (Wildman–Crippen MR) is 80.8 cm³/mol. The number of carbonyl (C=O) groups is 1. The largest absolute Gasteiger partial charge is 0.355 e. The summed E-state index contributed by atoms with van der Waals surface area (Å²) >= 11 is 0. The van der Waals surface area contributed by atoms with E-state index >= 15 is 0 Å². The number of nitrogens with zero attached hydrogens (tertiary/aromatic N) is 2. The van der Waals surface area contributed by atoms with Crippen LogP contribution >= 0.6 is 0 Å². The summed E-state index contributed by atoms with van der Waals surface area (Å²) in [5.74, 6) is -0.517. The first kappa shape index (κ1) is 14.7. The summed E-state index contributed by atoms with van der Waals surface area (Å²) in [5, 5.41) is 10.6. The van der Waals surface area contributed by atoms with E-state index in [1.54, 1.807) is 16.8 Å². The summed E-state index contributed by atoms with van der Waals surface area (Å²) in [5.41, 5.74) is 2.94. The molecule has 1 aromatic heterocycles. The molecule has 0 saturated heterocycles. The lowest BCUT2D eigenvalue weighted by atomic mass is 9.97. The van der Waals surface area contributed by atoms with Crippen LogP contribution in [0.2, 0.25) is 0 Å². The van der Waals surface area contributed by atoms with E-state index in [1.165, 1.54) is 12.1 Å². The van der Waals surface area contributed by atoms with E-state index in [9.17, 15) is 9.18 Å². The third kappa shape index (κ3) is 3.17. The van der Waals surface area contributed by atoms with Crippen molar-refractivity contribution in [3.63, 3.8) is 0 Å². The number of benzene rings is 1. The SMILES string of the molecule is Cn1cc2c(n1)[C@H](C(=O)NCCc1ccc(F)cc1)CNC2. The lowest BCUT2D eigenvalue weighted by molar-refractivity contribution is -0.122. The number of nitrogens with one attached hydrogen (secondary N) is 2. The van der Waals surface area contributed by atoms with Gasteiger partial charge in [0.25, 0.3) is 0 Å². The summed E-state index contributed by atoms with van der Waals surface area (Å²) in [6, 6.07) is 6.34. The first-order chi connectivity index (χ1) is 10.6. The van der Waals surface area contributed by atoms with Gasteiger partial charge in [0.1, 0.15) is 5.82 Å². The number of amides is 1. The normalized spacial score (nSPS) is 17.1. The molecule has 0 fully saturated rings. The Morgan fingerprint density at radius 3 is 3.00 bits per heavy atom. The number of aromatic nitrogens is 2. The van der Waals surface area contributed by atoms with Crippen molar-refractivity contribution in [2.24, 2.45) is 7.05 Å². The number of halogens is 1. The Morgan fingerprint density at radius 1 is 1.45 bits per heavy atom. The van der Waals surface area contributed by atoms with Crippen molar-refractivity contribution < 1.29 is 9.18 Å². The molecule has 0 spiro atoms. The summed E-state index contributed by atoms with van der Waals surface area (Å²) < 4.78 is 14.6. The minimum Gasteiger partial charge on any atom is -0.355 e. The Labute approximate surface area is 128 Å². The monoisotopic (exact) mass is 302 g/mol. The molecule has 2 N–H and O–H groups in total. The molecule has 22 heavy (non-hydrogen) atoms. The molecule has 2 aromatic rings. The van der Waals surface area contributed by atoms with Crippen molar-refractivity contribution in [2.75, 3.05) is 13.1 Å². The second-order valence-electron chi connectivity index (χ2n) is 5.56. The molecule has 0 aliphatic carbocycles. The van der Waals surface area contributed by atoms with Gasteiger partial charge < -0.3 is 10.6 Å². The number of aryl methyl sites for hydroxylation is 1. The van der Waals surface area contributed by atoms with Gasteiger partial charge in [0, 0.05) is 38.4 Å². The molecule has 0 radical (unpaired) electrons. The van der Waals surface area contributed by atoms with E-state index in [0.717, 1.165) is 23.4 Å². The highest BCUT2D eigenvalue weighted by Crippen LogP contribution is 2.22. The topological polar surface area (TPSA) is 59.0 Å². The van der Waals surface area contributed by atoms with E-state index in [0.29, 0.717) is 19.5 Å². The predicted octanol–water partition coefficient (Wildman–Crippen LogP) is 1.10. The molecule has 1 aliphatic rings. The molecule has 116 valence electrons. The van der Waals surface area contributed by atoms with E-state index < -0.39 is 0 Å². The number of hydrogen-bond acceptors (Lipinski definition) is 3. The Hall–Kier alpha value is -2.21. The Balaban J connectivity index is 1.57. The maximum absolute atomic E-state index is 12.8. The summed E-state index contributed by atoms with van der Waals surface area (Å²) in [6.07, 6.45) is 2.63. The van der Waals surface area contributed by atoms with Gasteiger partial charge in [0.15, 0.2) is 0 Å². The lowest BCUT2D eigenvalue weighted by Crippen LogP contribution is -2.39. The van der Waals surface area contributed by atoms with Crippen LogP contribution in [0.3, 0.4) is 0 Å². The highest BCUT2D eigenvalue weighted by atomic mass is 19.1. The molecule has 1 aromatic carbocycles. The molecular weight excluding hydrogens is 283 g/mol. The van der Waals surface area contributed by atoms with Crippen molar-refractivity contribution in [3.05, 3.63) is 53.1 Å². The number of carbonyl (C=O) groups excluding carboxylic acids is 1. The van der Waals surface area contributed by atoms with Crippen LogP contribution in [0.1, 0.15) is 22.7 Å². The fraction of sp³-hybridized carbons (Fsp3) is 0.375. The molecule has 2 heterocycles. The maximum atomic E-state index is 12.8. The van der Waals surface area contributed by atoms with Gasteiger partial charge in [0.2, 0.25) is 5.91 Å². The van der Waals surface area contributed by atoms with Crippen LogP contribution in [0, 0.1) is 5.82 Å². The van der Waals surface area contributed by atoms with Crippen LogP contribution in [0.5, 0.6) is 0 Å². The first-order valence-electron chi connectivity index (χ1n) is 7.39. The second-order valence-corrected chi connectivity index (χ2v) is 5.56. The van der Waals surface area contributed by atoms with Crippen molar-refractivity contribution in [1.82, 2.24) is 20.4 Å². The second kappa shape index (κ2) is 6.27. The van der Waals surface area contributed by atoms with Crippen molar-refractivity contribution in [1.29, 1.82) is 0 Å². The fourth-order valence-electron chi connectivity index (χ4n) is 2.75. The van der Waals surface area contributed by atoms with Gasteiger partial charge in [-0.2, -0.15) is 5.10 Å². The van der Waals surface area contributed by atoms with Gasteiger partial charge in [-0.05, 0) is 24.1 Å². The lowest BCUT2D eigenvalue weighted by Gasteiger charge is -2.21. The fourth-order valence-corrected chi connectivity index (χ4v) is 2.75. The standard InChI is InChI=1S/C16H19FN4O/c1-21-10-12-8-18-9-14(15(12)20-21)16(22)19-7-6-11-2-4-13(17)5-3-11/h2-5,10,14,18H,6-9H2,1H3,(H,19,22)/t14-/m1/s1. The van der Waals surface area contributed by atoms with Crippen LogP contribution in [-0.2, 0) is 24.8 Å². The number of hydrogen-bond donors (Lipinski definition) is 2. The zero-order valence-electron chi connectivity index (χ0n) is 12.5. The quantitative estimate of drug-likeness (QED) is 0.889. The van der Waals surface area contributed by atoms with E-state index in [4.69, 9.17) is 0 Å². The van der Waals surface area contributed by atoms with Crippen LogP contribution in [0.25, 0.3) is 0 Å². The molecule has 0 saturated carbocycles. The van der Waals surface area contributed by atoms with Crippen molar-refractivity contribution >= 4 is 5.91 Å². The van der Waals surface area contributed by atoms with Gasteiger partial charge in [0.05, 0.1) is 11.6 Å².